The van der Waals surface area contributed by atoms with Crippen molar-refractivity contribution in [3.63, 3.8) is 0 Å². The van der Waals surface area contributed by atoms with Gasteiger partial charge in [-0.25, -0.2) is 9.97 Å². The lowest BCUT2D eigenvalue weighted by molar-refractivity contribution is 0.278. The average Bonchev–Trinajstić information content (AvgIpc) is 3.05. The predicted molar refractivity (Wildman–Crippen MR) is 72.7 cm³/mol. The van der Waals surface area contributed by atoms with Gasteiger partial charge in [-0.15, -0.1) is 10.2 Å². The van der Waals surface area contributed by atoms with Crippen LogP contribution >= 0.6 is 27.7 Å². The Morgan fingerprint density at radius 3 is 2.95 bits per heavy atom. The van der Waals surface area contributed by atoms with Crippen molar-refractivity contribution in [1.29, 1.82) is 0 Å². The molecular formula is C11H12BrN5OS. The highest BCUT2D eigenvalue weighted by molar-refractivity contribution is 9.10. The molecule has 8 heteroatoms. The lowest BCUT2D eigenvalue weighted by Gasteiger charge is -2.10. The number of likely N-dealkylation sites (tertiary alicyclic amines) is 1. The van der Waals surface area contributed by atoms with Crippen LogP contribution in [0.4, 0.5) is 0 Å². The molecule has 0 aromatic carbocycles. The third-order valence-electron chi connectivity index (χ3n) is 2.82. The Balaban J connectivity index is 1.66. The second kappa shape index (κ2) is 5.98. The molecule has 0 saturated carbocycles. The molecule has 0 aliphatic carbocycles. The van der Waals surface area contributed by atoms with Crippen molar-refractivity contribution < 1.29 is 4.42 Å². The molecule has 2 aromatic heterocycles. The van der Waals surface area contributed by atoms with E-state index in [0.29, 0.717) is 11.1 Å². The van der Waals surface area contributed by atoms with Crippen molar-refractivity contribution in [2.24, 2.45) is 0 Å². The highest BCUT2D eigenvalue weighted by Gasteiger charge is 2.16. The first-order valence-corrected chi connectivity index (χ1v) is 7.60. The van der Waals surface area contributed by atoms with E-state index in [1.54, 1.807) is 6.20 Å². The van der Waals surface area contributed by atoms with E-state index in [1.165, 1.54) is 30.9 Å². The van der Waals surface area contributed by atoms with E-state index in [1.807, 2.05) is 0 Å². The quantitative estimate of drug-likeness (QED) is 0.790. The van der Waals surface area contributed by atoms with Crippen LogP contribution in [0.3, 0.4) is 0 Å². The van der Waals surface area contributed by atoms with Crippen molar-refractivity contribution in [2.75, 3.05) is 13.1 Å². The molecule has 100 valence electrons. The van der Waals surface area contributed by atoms with Crippen LogP contribution in [0.2, 0.25) is 0 Å². The van der Waals surface area contributed by atoms with Crippen LogP contribution in [0.1, 0.15) is 18.7 Å². The lowest BCUT2D eigenvalue weighted by atomic mass is 10.4. The van der Waals surface area contributed by atoms with E-state index in [-0.39, 0.29) is 0 Å². The van der Waals surface area contributed by atoms with Crippen LogP contribution in [0, 0.1) is 0 Å². The van der Waals surface area contributed by atoms with Crippen molar-refractivity contribution >= 4 is 27.7 Å². The molecule has 0 radical (unpaired) electrons. The standard InChI is InChI=1S/C11H12BrN5OS/c12-8-5-13-7-14-10(8)19-11-16-15-9(18-11)6-17-3-1-2-4-17/h5,7H,1-4,6H2. The van der Waals surface area contributed by atoms with Gasteiger partial charge in [0.1, 0.15) is 11.4 Å². The van der Waals surface area contributed by atoms with Crippen LogP contribution in [-0.4, -0.2) is 38.2 Å². The van der Waals surface area contributed by atoms with Gasteiger partial charge in [0.05, 0.1) is 11.0 Å². The number of nitrogens with zero attached hydrogens (tertiary/aromatic N) is 5. The Kier molecular flexibility index (Phi) is 4.09. The van der Waals surface area contributed by atoms with E-state index >= 15 is 0 Å². The highest BCUT2D eigenvalue weighted by atomic mass is 79.9. The van der Waals surface area contributed by atoms with Crippen molar-refractivity contribution in [1.82, 2.24) is 25.1 Å². The van der Waals surface area contributed by atoms with Gasteiger partial charge >= 0.3 is 0 Å². The minimum Gasteiger partial charge on any atom is -0.414 e. The van der Waals surface area contributed by atoms with E-state index < -0.39 is 0 Å². The van der Waals surface area contributed by atoms with Crippen LogP contribution in [0.25, 0.3) is 0 Å². The minimum atomic E-state index is 0.508. The second-order valence-corrected chi connectivity index (χ2v) is 6.02. The molecule has 3 rings (SSSR count). The first kappa shape index (κ1) is 13.0. The van der Waals surface area contributed by atoms with Crippen LogP contribution in [0.5, 0.6) is 0 Å². The van der Waals surface area contributed by atoms with Crippen LogP contribution < -0.4 is 0 Å². The van der Waals surface area contributed by atoms with E-state index in [0.717, 1.165) is 29.1 Å². The molecule has 1 aliphatic heterocycles. The fraction of sp³-hybridized carbons (Fsp3) is 0.455. The zero-order valence-corrected chi connectivity index (χ0v) is 12.5. The molecular weight excluding hydrogens is 330 g/mol. The molecule has 1 aliphatic rings. The normalized spacial score (nSPS) is 16.1. The fourth-order valence-corrected chi connectivity index (χ4v) is 3.03. The van der Waals surface area contributed by atoms with E-state index in [4.69, 9.17) is 4.42 Å². The summed E-state index contributed by atoms with van der Waals surface area (Å²) in [4.78, 5) is 10.4. The Morgan fingerprint density at radius 1 is 1.32 bits per heavy atom. The van der Waals surface area contributed by atoms with Gasteiger partial charge in [-0.3, -0.25) is 4.90 Å². The molecule has 2 aromatic rings. The smallest absolute Gasteiger partial charge is 0.283 e. The fourth-order valence-electron chi connectivity index (χ4n) is 1.93. The predicted octanol–water partition coefficient (Wildman–Crippen LogP) is 2.37. The van der Waals surface area contributed by atoms with Crippen LogP contribution in [-0.2, 0) is 6.54 Å². The van der Waals surface area contributed by atoms with Crippen molar-refractivity contribution in [3.8, 4) is 0 Å². The summed E-state index contributed by atoms with van der Waals surface area (Å²) in [7, 11) is 0. The highest BCUT2D eigenvalue weighted by Crippen LogP contribution is 2.30. The van der Waals surface area contributed by atoms with Crippen LogP contribution in [0.15, 0.2) is 31.7 Å². The molecule has 0 N–H and O–H groups in total. The number of aromatic nitrogens is 4. The maximum atomic E-state index is 5.62. The maximum absolute atomic E-state index is 5.62. The Morgan fingerprint density at radius 2 is 2.16 bits per heavy atom. The molecule has 0 spiro atoms. The van der Waals surface area contributed by atoms with E-state index in [9.17, 15) is 0 Å². The number of rotatable bonds is 4. The number of hydrogen-bond donors (Lipinski definition) is 0. The lowest BCUT2D eigenvalue weighted by Crippen LogP contribution is -2.18. The van der Waals surface area contributed by atoms with Gasteiger partial charge in [0.25, 0.3) is 5.22 Å². The molecule has 0 atom stereocenters. The summed E-state index contributed by atoms with van der Waals surface area (Å²) in [5.74, 6) is 0.662. The summed E-state index contributed by atoms with van der Waals surface area (Å²) in [5, 5.41) is 9.38. The van der Waals surface area contributed by atoms with Gasteiger partial charge in [-0.05, 0) is 53.6 Å². The zero-order chi connectivity index (χ0) is 13.1. The van der Waals surface area contributed by atoms with Gasteiger partial charge in [0, 0.05) is 6.20 Å². The molecule has 1 saturated heterocycles. The Hall–Kier alpha value is -0.990. The molecule has 6 nitrogen and oxygen atoms in total. The van der Waals surface area contributed by atoms with Gasteiger partial charge in [0.2, 0.25) is 5.89 Å². The first-order chi connectivity index (χ1) is 9.31. The van der Waals surface area contributed by atoms with Gasteiger partial charge in [0.15, 0.2) is 0 Å². The first-order valence-electron chi connectivity index (χ1n) is 5.99. The van der Waals surface area contributed by atoms with E-state index in [2.05, 4.69) is 41.0 Å². The van der Waals surface area contributed by atoms with Gasteiger partial charge < -0.3 is 4.42 Å². The van der Waals surface area contributed by atoms with Crippen molar-refractivity contribution in [3.05, 3.63) is 22.9 Å². The molecule has 19 heavy (non-hydrogen) atoms. The third-order valence-corrected chi connectivity index (χ3v) is 4.52. The third kappa shape index (κ3) is 3.31. The zero-order valence-electron chi connectivity index (χ0n) is 10.1. The molecule has 0 amide bonds. The van der Waals surface area contributed by atoms with Gasteiger partial charge in [-0.1, -0.05) is 0 Å². The summed E-state index contributed by atoms with van der Waals surface area (Å²) in [6.07, 6.45) is 5.69. The number of halogens is 1. The minimum absolute atomic E-state index is 0.508. The molecule has 3 heterocycles. The average molecular weight is 342 g/mol. The molecule has 0 unspecified atom stereocenters. The molecule has 1 fully saturated rings. The Bertz CT molecular complexity index is 558. The largest absolute Gasteiger partial charge is 0.414 e. The summed E-state index contributed by atoms with van der Waals surface area (Å²) in [5.41, 5.74) is 0. The topological polar surface area (TPSA) is 67.9 Å². The Labute approximate surface area is 123 Å². The van der Waals surface area contributed by atoms with Crippen molar-refractivity contribution in [2.45, 2.75) is 29.6 Å². The summed E-state index contributed by atoms with van der Waals surface area (Å²) >= 11 is 4.72. The molecule has 0 bridgehead atoms. The summed E-state index contributed by atoms with van der Waals surface area (Å²) in [6, 6.07) is 0. The summed E-state index contributed by atoms with van der Waals surface area (Å²) < 4.78 is 6.44. The SMILES string of the molecule is Brc1cncnc1Sc1nnc(CN2CCCC2)o1. The maximum Gasteiger partial charge on any atom is 0.283 e. The van der Waals surface area contributed by atoms with Gasteiger partial charge in [-0.2, -0.15) is 0 Å². The monoisotopic (exact) mass is 341 g/mol. The second-order valence-electron chi connectivity index (χ2n) is 4.22. The summed E-state index contributed by atoms with van der Waals surface area (Å²) in [6.45, 7) is 2.96. The number of hydrogen-bond acceptors (Lipinski definition) is 7.